The molecular weight excluding hydrogens is 256 g/mol. The molecule has 0 aliphatic rings. The fourth-order valence-electron chi connectivity index (χ4n) is 1.79. The molecule has 0 bridgehead atoms. The lowest BCUT2D eigenvalue weighted by atomic mass is 10.0. The van der Waals surface area contributed by atoms with Gasteiger partial charge in [-0.2, -0.15) is 0 Å². The Bertz CT molecular complexity index is 560. The number of hydrogen-bond acceptors (Lipinski definition) is 3. The fourth-order valence-corrected chi connectivity index (χ4v) is 2.61. The van der Waals surface area contributed by atoms with E-state index in [1.54, 1.807) is 0 Å². The van der Waals surface area contributed by atoms with Crippen molar-refractivity contribution in [2.45, 2.75) is 19.9 Å². The molecule has 0 aliphatic carbocycles. The van der Waals surface area contributed by atoms with Gasteiger partial charge in [-0.3, -0.25) is 4.79 Å². The largest absolute Gasteiger partial charge is 0.348 e. The summed E-state index contributed by atoms with van der Waals surface area (Å²) in [7, 11) is 0. The third kappa shape index (κ3) is 3.22. The first-order valence-electron chi connectivity index (χ1n) is 6.27. The molecule has 0 aliphatic heterocycles. The summed E-state index contributed by atoms with van der Waals surface area (Å²) in [4.78, 5) is 12.9. The normalized spacial score (nSPS) is 12.2. The number of aryl methyl sites for hydroxylation is 1. The van der Waals surface area contributed by atoms with Crippen molar-refractivity contribution in [3.63, 3.8) is 0 Å². The van der Waals surface area contributed by atoms with E-state index in [-0.39, 0.29) is 11.9 Å². The van der Waals surface area contributed by atoms with Crippen molar-refractivity contribution in [1.29, 1.82) is 0 Å². The minimum atomic E-state index is -0.0523. The van der Waals surface area contributed by atoms with Crippen LogP contribution in [0.4, 0.5) is 0 Å². The molecule has 0 saturated heterocycles. The summed E-state index contributed by atoms with van der Waals surface area (Å²) in [6.45, 7) is 4.39. The van der Waals surface area contributed by atoms with Gasteiger partial charge in [-0.1, -0.05) is 29.8 Å². The lowest BCUT2D eigenvalue weighted by Gasteiger charge is -2.11. The SMILES string of the molecule is Cc1ccc(-c2ccsc2C(=O)N[C@@H](C)CN)cc1. The molecule has 1 heterocycles. The van der Waals surface area contributed by atoms with Crippen molar-refractivity contribution >= 4 is 17.2 Å². The zero-order valence-corrected chi connectivity index (χ0v) is 12.0. The van der Waals surface area contributed by atoms with E-state index in [1.807, 2.05) is 37.4 Å². The van der Waals surface area contributed by atoms with Crippen molar-refractivity contribution in [1.82, 2.24) is 5.32 Å². The number of benzene rings is 1. The van der Waals surface area contributed by atoms with E-state index in [1.165, 1.54) is 16.9 Å². The molecule has 0 unspecified atom stereocenters. The lowest BCUT2D eigenvalue weighted by Crippen LogP contribution is -2.37. The Hall–Kier alpha value is -1.65. The van der Waals surface area contributed by atoms with Crippen LogP contribution in [0.15, 0.2) is 35.7 Å². The Morgan fingerprint density at radius 1 is 1.32 bits per heavy atom. The predicted octanol–water partition coefficient (Wildman–Crippen LogP) is 2.80. The van der Waals surface area contributed by atoms with E-state index in [0.717, 1.165) is 16.0 Å². The Morgan fingerprint density at radius 3 is 2.63 bits per heavy atom. The second-order valence-corrected chi connectivity index (χ2v) is 5.56. The van der Waals surface area contributed by atoms with Gasteiger partial charge in [0.05, 0.1) is 4.88 Å². The molecule has 1 aromatic carbocycles. The summed E-state index contributed by atoms with van der Waals surface area (Å²) in [6, 6.07) is 10.2. The summed E-state index contributed by atoms with van der Waals surface area (Å²) in [5.74, 6) is -0.0523. The van der Waals surface area contributed by atoms with E-state index >= 15 is 0 Å². The number of carbonyl (C=O) groups is 1. The van der Waals surface area contributed by atoms with Crippen molar-refractivity contribution in [3.05, 3.63) is 46.2 Å². The first-order chi connectivity index (χ1) is 9.11. The molecule has 2 rings (SSSR count). The van der Waals surface area contributed by atoms with E-state index in [4.69, 9.17) is 5.73 Å². The first-order valence-corrected chi connectivity index (χ1v) is 7.15. The van der Waals surface area contributed by atoms with Crippen LogP contribution in [0.2, 0.25) is 0 Å². The number of nitrogens with two attached hydrogens (primary N) is 1. The predicted molar refractivity (Wildman–Crippen MR) is 80.5 cm³/mol. The minimum absolute atomic E-state index is 0.0135. The van der Waals surface area contributed by atoms with Gasteiger partial charge < -0.3 is 11.1 Å². The molecule has 1 amide bonds. The van der Waals surface area contributed by atoms with Crippen molar-refractivity contribution < 1.29 is 4.79 Å². The minimum Gasteiger partial charge on any atom is -0.348 e. The molecule has 4 heteroatoms. The Morgan fingerprint density at radius 2 is 2.00 bits per heavy atom. The van der Waals surface area contributed by atoms with Gasteiger partial charge in [0.15, 0.2) is 0 Å². The molecule has 3 N–H and O–H groups in total. The van der Waals surface area contributed by atoms with Crippen LogP contribution in [0.1, 0.15) is 22.2 Å². The maximum absolute atomic E-state index is 12.2. The number of nitrogens with one attached hydrogen (secondary N) is 1. The van der Waals surface area contributed by atoms with Crippen LogP contribution in [-0.4, -0.2) is 18.5 Å². The van der Waals surface area contributed by atoms with Crippen LogP contribution in [0, 0.1) is 6.92 Å². The second kappa shape index (κ2) is 5.99. The zero-order valence-electron chi connectivity index (χ0n) is 11.1. The first kappa shape index (κ1) is 13.8. The Kier molecular flexibility index (Phi) is 4.35. The van der Waals surface area contributed by atoms with E-state index in [2.05, 4.69) is 17.4 Å². The van der Waals surface area contributed by atoms with Crippen molar-refractivity contribution in [2.24, 2.45) is 5.73 Å². The van der Waals surface area contributed by atoms with Crippen molar-refractivity contribution in [2.75, 3.05) is 6.54 Å². The molecule has 2 aromatic rings. The smallest absolute Gasteiger partial charge is 0.262 e. The summed E-state index contributed by atoms with van der Waals surface area (Å²) >= 11 is 1.46. The third-order valence-corrected chi connectivity index (χ3v) is 3.88. The Labute approximate surface area is 117 Å². The lowest BCUT2D eigenvalue weighted by molar-refractivity contribution is 0.0946. The maximum Gasteiger partial charge on any atom is 0.262 e. The highest BCUT2D eigenvalue weighted by molar-refractivity contribution is 7.12. The molecule has 0 fully saturated rings. The summed E-state index contributed by atoms with van der Waals surface area (Å²) < 4.78 is 0. The van der Waals surface area contributed by atoms with Crippen LogP contribution < -0.4 is 11.1 Å². The third-order valence-electron chi connectivity index (χ3n) is 2.97. The molecule has 0 radical (unpaired) electrons. The van der Waals surface area contributed by atoms with Crippen LogP contribution in [0.3, 0.4) is 0 Å². The fraction of sp³-hybridized carbons (Fsp3) is 0.267. The standard InChI is InChI=1S/C15H18N2OS/c1-10-3-5-12(6-4-10)13-7-8-19-14(13)15(18)17-11(2)9-16/h3-8,11H,9,16H2,1-2H3,(H,17,18)/t11-/m0/s1. The molecule has 19 heavy (non-hydrogen) atoms. The summed E-state index contributed by atoms with van der Waals surface area (Å²) in [5, 5.41) is 4.84. The van der Waals surface area contributed by atoms with Gasteiger partial charge >= 0.3 is 0 Å². The van der Waals surface area contributed by atoms with Gasteiger partial charge in [-0.05, 0) is 30.9 Å². The van der Waals surface area contributed by atoms with Crippen LogP contribution in [0.5, 0.6) is 0 Å². The Balaban J connectivity index is 2.27. The zero-order chi connectivity index (χ0) is 13.8. The average molecular weight is 274 g/mol. The number of thiophene rings is 1. The molecule has 100 valence electrons. The van der Waals surface area contributed by atoms with Gasteiger partial charge in [-0.15, -0.1) is 11.3 Å². The van der Waals surface area contributed by atoms with Gasteiger partial charge in [0, 0.05) is 18.2 Å². The second-order valence-electron chi connectivity index (χ2n) is 4.64. The van der Waals surface area contributed by atoms with Gasteiger partial charge in [0.2, 0.25) is 0 Å². The van der Waals surface area contributed by atoms with Crippen molar-refractivity contribution in [3.8, 4) is 11.1 Å². The number of hydrogen-bond donors (Lipinski definition) is 2. The summed E-state index contributed by atoms with van der Waals surface area (Å²) in [6.07, 6.45) is 0. The number of rotatable bonds is 4. The number of amides is 1. The monoisotopic (exact) mass is 274 g/mol. The van der Waals surface area contributed by atoms with Crippen LogP contribution >= 0.6 is 11.3 Å². The highest BCUT2D eigenvalue weighted by atomic mass is 32.1. The van der Waals surface area contributed by atoms with Gasteiger partial charge in [-0.25, -0.2) is 0 Å². The molecular formula is C15H18N2OS. The highest BCUT2D eigenvalue weighted by Crippen LogP contribution is 2.28. The van der Waals surface area contributed by atoms with E-state index < -0.39 is 0 Å². The van der Waals surface area contributed by atoms with Gasteiger partial charge in [0.25, 0.3) is 5.91 Å². The topological polar surface area (TPSA) is 55.1 Å². The maximum atomic E-state index is 12.2. The summed E-state index contributed by atoms with van der Waals surface area (Å²) in [5.41, 5.74) is 8.78. The molecule has 0 saturated carbocycles. The van der Waals surface area contributed by atoms with Gasteiger partial charge in [0.1, 0.15) is 0 Å². The molecule has 1 aromatic heterocycles. The quantitative estimate of drug-likeness (QED) is 0.900. The highest BCUT2D eigenvalue weighted by Gasteiger charge is 2.15. The van der Waals surface area contributed by atoms with Crippen LogP contribution in [0.25, 0.3) is 11.1 Å². The van der Waals surface area contributed by atoms with Crippen LogP contribution in [-0.2, 0) is 0 Å². The average Bonchev–Trinajstić information content (AvgIpc) is 2.88. The van der Waals surface area contributed by atoms with E-state index in [9.17, 15) is 4.79 Å². The molecule has 1 atom stereocenters. The van der Waals surface area contributed by atoms with E-state index in [0.29, 0.717) is 6.54 Å². The molecule has 0 spiro atoms. The molecule has 3 nitrogen and oxygen atoms in total. The number of carbonyl (C=O) groups excluding carboxylic acids is 1.